The zero-order valence-corrected chi connectivity index (χ0v) is 12.0. The van der Waals surface area contributed by atoms with E-state index < -0.39 is 0 Å². The van der Waals surface area contributed by atoms with Gasteiger partial charge in [0.1, 0.15) is 5.75 Å². The van der Waals surface area contributed by atoms with Gasteiger partial charge in [0.25, 0.3) is 0 Å². The zero-order chi connectivity index (χ0) is 13.0. The number of aromatic nitrogens is 1. The predicted octanol–water partition coefficient (Wildman–Crippen LogP) is 4.52. The zero-order valence-electron chi connectivity index (χ0n) is 11.2. The number of pyridine rings is 1. The molecular formula is C15H22ClNO. The number of alkyl halides is 1. The Labute approximate surface area is 115 Å². The predicted molar refractivity (Wildman–Crippen MR) is 75.5 cm³/mol. The molecule has 1 aliphatic carbocycles. The quantitative estimate of drug-likeness (QED) is 0.593. The highest BCUT2D eigenvalue weighted by molar-refractivity contribution is 6.20. The number of hydrogen-bond donors (Lipinski definition) is 0. The fraction of sp³-hybridized carbons (Fsp3) is 0.667. The highest BCUT2D eigenvalue weighted by atomic mass is 35.5. The van der Waals surface area contributed by atoms with Crippen LogP contribution < -0.4 is 4.74 Å². The lowest BCUT2D eigenvalue weighted by Crippen LogP contribution is -2.08. The van der Waals surface area contributed by atoms with Crippen LogP contribution in [0.1, 0.15) is 57.4 Å². The highest BCUT2D eigenvalue weighted by Gasteiger charge is 2.20. The van der Waals surface area contributed by atoms with E-state index in [1.54, 1.807) is 6.20 Å². The van der Waals surface area contributed by atoms with Crippen molar-refractivity contribution in [2.24, 2.45) is 0 Å². The molecule has 2 rings (SSSR count). The summed E-state index contributed by atoms with van der Waals surface area (Å²) in [4.78, 5) is 4.30. The van der Waals surface area contributed by atoms with Crippen molar-refractivity contribution in [3.63, 3.8) is 0 Å². The summed E-state index contributed by atoms with van der Waals surface area (Å²) in [6.45, 7) is 4.07. The van der Waals surface area contributed by atoms with Gasteiger partial charge in [-0.25, -0.2) is 0 Å². The molecule has 2 unspecified atom stereocenters. The first-order valence-corrected chi connectivity index (χ1v) is 7.34. The Morgan fingerprint density at radius 2 is 2.06 bits per heavy atom. The van der Waals surface area contributed by atoms with Crippen molar-refractivity contribution in [3.05, 3.63) is 24.0 Å². The van der Waals surface area contributed by atoms with Crippen LogP contribution in [0.2, 0.25) is 0 Å². The van der Waals surface area contributed by atoms with Crippen LogP contribution in [-0.4, -0.2) is 16.5 Å². The molecule has 0 bridgehead atoms. The van der Waals surface area contributed by atoms with Crippen LogP contribution >= 0.6 is 11.6 Å². The Kier molecular flexibility index (Phi) is 4.87. The van der Waals surface area contributed by atoms with Crippen molar-refractivity contribution in [1.29, 1.82) is 0 Å². The van der Waals surface area contributed by atoms with Crippen molar-refractivity contribution in [2.75, 3.05) is 0 Å². The molecule has 2 atom stereocenters. The van der Waals surface area contributed by atoms with Gasteiger partial charge in [-0.3, -0.25) is 4.98 Å². The van der Waals surface area contributed by atoms with Gasteiger partial charge in [-0.05, 0) is 50.7 Å². The molecule has 0 radical (unpaired) electrons. The first-order valence-electron chi connectivity index (χ1n) is 6.91. The molecule has 0 aromatic carbocycles. The Bertz CT molecular complexity index is 381. The highest BCUT2D eigenvalue weighted by Crippen LogP contribution is 2.34. The van der Waals surface area contributed by atoms with Gasteiger partial charge in [0, 0.05) is 11.6 Å². The van der Waals surface area contributed by atoms with E-state index in [1.807, 2.05) is 20.0 Å². The molecular weight excluding hydrogens is 246 g/mol. The van der Waals surface area contributed by atoms with Crippen LogP contribution in [0.3, 0.4) is 0 Å². The number of nitrogens with zero attached hydrogens (tertiary/aromatic N) is 1. The maximum Gasteiger partial charge on any atom is 0.138 e. The number of ether oxygens (including phenoxy) is 1. The lowest BCUT2D eigenvalue weighted by molar-refractivity contribution is 0.241. The van der Waals surface area contributed by atoms with Crippen molar-refractivity contribution in [3.8, 4) is 5.75 Å². The van der Waals surface area contributed by atoms with Crippen LogP contribution in [0.5, 0.6) is 5.75 Å². The third-order valence-corrected chi connectivity index (χ3v) is 3.83. The molecule has 1 aliphatic rings. The van der Waals surface area contributed by atoms with Gasteiger partial charge in [0.2, 0.25) is 0 Å². The van der Waals surface area contributed by atoms with E-state index in [1.165, 1.54) is 24.8 Å². The summed E-state index contributed by atoms with van der Waals surface area (Å²) >= 11 is 6.34. The van der Waals surface area contributed by atoms with E-state index in [9.17, 15) is 0 Å². The summed E-state index contributed by atoms with van der Waals surface area (Å²) < 4.78 is 5.71. The van der Waals surface area contributed by atoms with Crippen LogP contribution in [0, 0.1) is 0 Å². The topological polar surface area (TPSA) is 22.1 Å². The van der Waals surface area contributed by atoms with Crippen molar-refractivity contribution >= 4 is 11.6 Å². The molecule has 0 N–H and O–H groups in total. The average molecular weight is 268 g/mol. The molecule has 2 nitrogen and oxygen atoms in total. The van der Waals surface area contributed by atoms with E-state index in [-0.39, 0.29) is 6.10 Å². The fourth-order valence-electron chi connectivity index (χ4n) is 2.60. The van der Waals surface area contributed by atoms with Crippen molar-refractivity contribution < 1.29 is 4.74 Å². The van der Waals surface area contributed by atoms with E-state index in [0.717, 1.165) is 18.6 Å². The molecule has 0 amide bonds. The molecule has 1 fully saturated rings. The molecule has 1 heterocycles. The first-order chi connectivity index (χ1) is 8.65. The average Bonchev–Trinajstić information content (AvgIpc) is 2.53. The van der Waals surface area contributed by atoms with Crippen LogP contribution in [0.25, 0.3) is 0 Å². The van der Waals surface area contributed by atoms with Crippen LogP contribution in [0.15, 0.2) is 18.5 Å². The van der Waals surface area contributed by atoms with Crippen molar-refractivity contribution in [2.45, 2.75) is 63.4 Å². The summed E-state index contributed by atoms with van der Waals surface area (Å²) in [5, 5.41) is 0.312. The molecule has 100 valence electrons. The monoisotopic (exact) mass is 267 g/mol. The Morgan fingerprint density at radius 3 is 2.83 bits per heavy atom. The molecule has 0 spiro atoms. The molecule has 18 heavy (non-hydrogen) atoms. The van der Waals surface area contributed by atoms with Crippen molar-refractivity contribution in [1.82, 2.24) is 4.98 Å². The lowest BCUT2D eigenvalue weighted by Gasteiger charge is -2.17. The largest absolute Gasteiger partial charge is 0.489 e. The standard InChI is InChI=1S/C15H22ClNO/c1-11(2)18-15-8-13(9-17-10-15)12-5-3-4-6-14(16)7-12/h8-12,14H,3-7H2,1-2H3. The summed E-state index contributed by atoms with van der Waals surface area (Å²) in [7, 11) is 0. The molecule has 1 aromatic rings. The SMILES string of the molecule is CC(C)Oc1cncc(C2CCCCC(Cl)C2)c1. The summed E-state index contributed by atoms with van der Waals surface area (Å²) in [6.07, 6.45) is 9.89. The van der Waals surface area contributed by atoms with Gasteiger partial charge >= 0.3 is 0 Å². The maximum absolute atomic E-state index is 6.34. The maximum atomic E-state index is 6.34. The van der Waals surface area contributed by atoms with E-state index >= 15 is 0 Å². The normalized spacial score (nSPS) is 24.9. The second kappa shape index (κ2) is 6.42. The minimum absolute atomic E-state index is 0.192. The molecule has 3 heteroatoms. The van der Waals surface area contributed by atoms with Crippen LogP contribution in [0.4, 0.5) is 0 Å². The van der Waals surface area contributed by atoms with Gasteiger partial charge in [-0.1, -0.05) is 12.8 Å². The van der Waals surface area contributed by atoms with Gasteiger partial charge < -0.3 is 4.74 Å². The fourth-order valence-corrected chi connectivity index (χ4v) is 2.97. The summed E-state index contributed by atoms with van der Waals surface area (Å²) in [5.41, 5.74) is 1.28. The van der Waals surface area contributed by atoms with Gasteiger partial charge in [-0.2, -0.15) is 0 Å². The third-order valence-electron chi connectivity index (χ3n) is 3.44. The van der Waals surface area contributed by atoms with E-state index in [0.29, 0.717) is 11.3 Å². The van der Waals surface area contributed by atoms with Gasteiger partial charge in [0.05, 0.1) is 12.3 Å². The second-order valence-electron chi connectivity index (χ2n) is 5.43. The second-order valence-corrected chi connectivity index (χ2v) is 6.05. The summed E-state index contributed by atoms with van der Waals surface area (Å²) in [6, 6.07) is 2.13. The smallest absolute Gasteiger partial charge is 0.138 e. The molecule has 1 aromatic heterocycles. The summed E-state index contributed by atoms with van der Waals surface area (Å²) in [5.74, 6) is 1.41. The Hall–Kier alpha value is -0.760. The minimum Gasteiger partial charge on any atom is -0.489 e. The van der Waals surface area contributed by atoms with Crippen LogP contribution in [-0.2, 0) is 0 Å². The Balaban J connectivity index is 2.11. The van der Waals surface area contributed by atoms with Gasteiger partial charge in [0.15, 0.2) is 0 Å². The first kappa shape index (κ1) is 13.7. The Morgan fingerprint density at radius 1 is 1.28 bits per heavy atom. The number of halogens is 1. The number of rotatable bonds is 3. The van der Waals surface area contributed by atoms with E-state index in [4.69, 9.17) is 16.3 Å². The van der Waals surface area contributed by atoms with Gasteiger partial charge in [-0.15, -0.1) is 11.6 Å². The third kappa shape index (κ3) is 3.88. The number of hydrogen-bond acceptors (Lipinski definition) is 2. The molecule has 0 aliphatic heterocycles. The van der Waals surface area contributed by atoms with E-state index in [2.05, 4.69) is 11.1 Å². The molecule has 0 saturated heterocycles. The molecule has 1 saturated carbocycles. The lowest BCUT2D eigenvalue weighted by atomic mass is 9.93. The minimum atomic E-state index is 0.192.